The second kappa shape index (κ2) is 6.17. The van der Waals surface area contributed by atoms with Crippen molar-refractivity contribution in [2.45, 2.75) is 6.54 Å². The molecule has 2 aromatic rings. The first-order valence-electron chi connectivity index (χ1n) is 5.76. The van der Waals surface area contributed by atoms with Gasteiger partial charge in [-0.1, -0.05) is 36.4 Å². The summed E-state index contributed by atoms with van der Waals surface area (Å²) >= 11 is 1.47. The normalized spacial score (nSPS) is 10.7. The van der Waals surface area contributed by atoms with E-state index in [1.165, 1.54) is 16.9 Å². The summed E-state index contributed by atoms with van der Waals surface area (Å²) in [5.41, 5.74) is 1.23. The molecule has 2 nitrogen and oxygen atoms in total. The Morgan fingerprint density at radius 2 is 2.00 bits per heavy atom. The molecule has 0 aliphatic rings. The van der Waals surface area contributed by atoms with E-state index in [2.05, 4.69) is 12.1 Å². The molecule has 0 saturated heterocycles. The van der Waals surface area contributed by atoms with Crippen LogP contribution in [0.4, 0.5) is 0 Å². The third kappa shape index (κ3) is 3.57. The van der Waals surface area contributed by atoms with Crippen LogP contribution in [0.5, 0.6) is 0 Å². The van der Waals surface area contributed by atoms with E-state index < -0.39 is 0 Å². The zero-order chi connectivity index (χ0) is 12.8. The molecule has 1 aromatic heterocycles. The van der Waals surface area contributed by atoms with Crippen molar-refractivity contribution in [2.75, 3.05) is 7.05 Å². The molecule has 18 heavy (non-hydrogen) atoms. The molecule has 2 rings (SSSR count). The minimum Gasteiger partial charge on any atom is -0.376 e. The molecular formula is C15H15NOS. The number of hydrogen-bond donors (Lipinski definition) is 0. The number of carbonyl (C=O) groups is 1. The molecule has 3 heteroatoms. The van der Waals surface area contributed by atoms with E-state index in [1.807, 2.05) is 53.9 Å². The van der Waals surface area contributed by atoms with Gasteiger partial charge in [0.1, 0.15) is 0 Å². The maximum Gasteiger partial charge on any atom is 0.197 e. The molecular weight excluding hydrogens is 242 g/mol. The topological polar surface area (TPSA) is 20.3 Å². The molecule has 0 fully saturated rings. The molecule has 0 aliphatic heterocycles. The molecule has 0 aliphatic carbocycles. The molecule has 0 spiro atoms. The summed E-state index contributed by atoms with van der Waals surface area (Å²) in [7, 11) is 1.96. The maximum absolute atomic E-state index is 11.8. The maximum atomic E-state index is 11.8. The van der Waals surface area contributed by atoms with Crippen LogP contribution in [0.25, 0.3) is 0 Å². The van der Waals surface area contributed by atoms with E-state index in [-0.39, 0.29) is 5.78 Å². The second-order valence-corrected chi connectivity index (χ2v) is 5.01. The second-order valence-electron chi connectivity index (χ2n) is 4.06. The van der Waals surface area contributed by atoms with Gasteiger partial charge >= 0.3 is 0 Å². The van der Waals surface area contributed by atoms with Crippen molar-refractivity contribution >= 4 is 17.1 Å². The minimum atomic E-state index is 0.0601. The highest BCUT2D eigenvalue weighted by Gasteiger charge is 2.02. The van der Waals surface area contributed by atoms with E-state index in [0.29, 0.717) is 0 Å². The van der Waals surface area contributed by atoms with Crippen molar-refractivity contribution in [2.24, 2.45) is 0 Å². The number of rotatable bonds is 5. The molecule has 0 bridgehead atoms. The summed E-state index contributed by atoms with van der Waals surface area (Å²) in [4.78, 5) is 14.5. The summed E-state index contributed by atoms with van der Waals surface area (Å²) in [6, 6.07) is 13.9. The molecule has 92 valence electrons. The first-order valence-corrected chi connectivity index (χ1v) is 6.64. The van der Waals surface area contributed by atoms with Crippen molar-refractivity contribution < 1.29 is 4.79 Å². The highest BCUT2D eigenvalue weighted by Crippen LogP contribution is 2.10. The van der Waals surface area contributed by atoms with Crippen LogP contribution < -0.4 is 0 Å². The van der Waals surface area contributed by atoms with Crippen molar-refractivity contribution in [1.29, 1.82) is 0 Å². The lowest BCUT2D eigenvalue weighted by atomic mass is 10.2. The summed E-state index contributed by atoms with van der Waals surface area (Å²) in [6.07, 6.45) is 3.45. The Bertz CT molecular complexity index is 517. The predicted molar refractivity (Wildman–Crippen MR) is 75.7 cm³/mol. The summed E-state index contributed by atoms with van der Waals surface area (Å²) in [6.45, 7) is 0.801. The molecule has 0 radical (unpaired) electrons. The smallest absolute Gasteiger partial charge is 0.197 e. The highest BCUT2D eigenvalue weighted by molar-refractivity contribution is 7.12. The molecule has 1 heterocycles. The van der Waals surface area contributed by atoms with Crippen LogP contribution in [0.1, 0.15) is 15.2 Å². The van der Waals surface area contributed by atoms with Crippen LogP contribution in [0.2, 0.25) is 0 Å². The Kier molecular flexibility index (Phi) is 4.31. The number of ketones is 1. The number of benzene rings is 1. The zero-order valence-corrected chi connectivity index (χ0v) is 11.1. The summed E-state index contributed by atoms with van der Waals surface area (Å²) in [5.74, 6) is 0.0601. The van der Waals surface area contributed by atoms with Gasteiger partial charge in [0.15, 0.2) is 5.78 Å². The highest BCUT2D eigenvalue weighted by atomic mass is 32.1. The molecule has 1 aromatic carbocycles. The number of thiophene rings is 1. The van der Waals surface area contributed by atoms with Gasteiger partial charge in [-0.3, -0.25) is 4.79 Å². The Morgan fingerprint density at radius 1 is 1.22 bits per heavy atom. The van der Waals surface area contributed by atoms with Gasteiger partial charge in [0.05, 0.1) is 4.88 Å². The molecule has 0 unspecified atom stereocenters. The molecule has 0 N–H and O–H groups in total. The average molecular weight is 257 g/mol. The van der Waals surface area contributed by atoms with Crippen molar-refractivity contribution in [3.8, 4) is 0 Å². The first kappa shape index (κ1) is 12.6. The SMILES string of the molecule is CN(/C=C\C(=O)c1cccs1)Cc1ccccc1. The largest absolute Gasteiger partial charge is 0.376 e. The Labute approximate surface area is 111 Å². The van der Waals surface area contributed by atoms with Gasteiger partial charge in [0.2, 0.25) is 0 Å². The van der Waals surface area contributed by atoms with Crippen molar-refractivity contribution in [3.63, 3.8) is 0 Å². The number of hydrogen-bond acceptors (Lipinski definition) is 3. The zero-order valence-electron chi connectivity index (χ0n) is 10.2. The van der Waals surface area contributed by atoms with Gasteiger partial charge in [0.25, 0.3) is 0 Å². The molecule has 0 amide bonds. The summed E-state index contributed by atoms with van der Waals surface area (Å²) in [5, 5.41) is 1.91. The van der Waals surface area contributed by atoms with E-state index in [9.17, 15) is 4.79 Å². The van der Waals surface area contributed by atoms with E-state index >= 15 is 0 Å². The fourth-order valence-corrected chi connectivity index (χ4v) is 2.27. The number of allylic oxidation sites excluding steroid dienone is 1. The summed E-state index contributed by atoms with van der Waals surface area (Å²) < 4.78 is 0. The van der Waals surface area contributed by atoms with E-state index in [1.54, 1.807) is 6.08 Å². The van der Waals surface area contributed by atoms with Crippen LogP contribution in [0.15, 0.2) is 60.1 Å². The monoisotopic (exact) mass is 257 g/mol. The fourth-order valence-electron chi connectivity index (χ4n) is 1.62. The van der Waals surface area contributed by atoms with Crippen LogP contribution >= 0.6 is 11.3 Å². The first-order chi connectivity index (χ1) is 8.75. The lowest BCUT2D eigenvalue weighted by Gasteiger charge is -2.13. The molecule has 0 atom stereocenters. The fraction of sp³-hybridized carbons (Fsp3) is 0.133. The average Bonchev–Trinajstić information content (AvgIpc) is 2.91. The van der Waals surface area contributed by atoms with Gasteiger partial charge in [-0.05, 0) is 17.0 Å². The Morgan fingerprint density at radius 3 is 2.67 bits per heavy atom. The van der Waals surface area contributed by atoms with E-state index in [0.717, 1.165) is 11.4 Å². The molecule has 0 saturated carbocycles. The minimum absolute atomic E-state index is 0.0601. The number of carbonyl (C=O) groups excluding carboxylic acids is 1. The van der Waals surface area contributed by atoms with Gasteiger partial charge < -0.3 is 4.90 Å². The van der Waals surface area contributed by atoms with Crippen LogP contribution in [-0.2, 0) is 6.54 Å². The number of nitrogens with zero attached hydrogens (tertiary/aromatic N) is 1. The Hall–Kier alpha value is -1.87. The third-order valence-corrected chi connectivity index (χ3v) is 3.40. The van der Waals surface area contributed by atoms with Gasteiger partial charge in [-0.15, -0.1) is 11.3 Å². The standard InChI is InChI=1S/C15H15NOS/c1-16(12-13-6-3-2-4-7-13)10-9-14(17)15-8-5-11-18-15/h2-11H,12H2,1H3/b10-9-. The predicted octanol–water partition coefficient (Wildman–Crippen LogP) is 3.58. The van der Waals surface area contributed by atoms with Gasteiger partial charge in [-0.2, -0.15) is 0 Å². The van der Waals surface area contributed by atoms with Crippen LogP contribution in [-0.4, -0.2) is 17.7 Å². The quantitative estimate of drug-likeness (QED) is 0.603. The van der Waals surface area contributed by atoms with Gasteiger partial charge in [0, 0.05) is 25.9 Å². The third-order valence-electron chi connectivity index (χ3n) is 2.52. The lowest BCUT2D eigenvalue weighted by molar-refractivity contribution is 0.104. The van der Waals surface area contributed by atoms with Crippen molar-refractivity contribution in [1.82, 2.24) is 4.90 Å². The van der Waals surface area contributed by atoms with E-state index in [4.69, 9.17) is 0 Å². The Balaban J connectivity index is 1.91. The van der Waals surface area contributed by atoms with Crippen molar-refractivity contribution in [3.05, 3.63) is 70.6 Å². The van der Waals surface area contributed by atoms with Crippen LogP contribution in [0.3, 0.4) is 0 Å². The lowest BCUT2D eigenvalue weighted by Crippen LogP contribution is -2.10. The van der Waals surface area contributed by atoms with Gasteiger partial charge in [-0.25, -0.2) is 0 Å². The van der Waals surface area contributed by atoms with Crippen LogP contribution in [0, 0.1) is 0 Å².